The molecular formula is C10H9Cl2N5. The molecule has 0 saturated heterocycles. The maximum Gasteiger partial charge on any atom is 0.224 e. The van der Waals surface area contributed by atoms with Crippen molar-refractivity contribution in [2.45, 2.75) is 13.5 Å². The average Bonchev–Trinajstić information content (AvgIpc) is 2.32. The third-order valence-electron chi connectivity index (χ3n) is 1.99. The minimum atomic E-state index is 0.145. The zero-order valence-corrected chi connectivity index (χ0v) is 10.5. The van der Waals surface area contributed by atoms with Crippen molar-refractivity contribution in [3.05, 3.63) is 40.3 Å². The second kappa shape index (κ2) is 5.25. The Hall–Kier alpha value is -1.46. The van der Waals surface area contributed by atoms with E-state index in [0.29, 0.717) is 17.4 Å². The number of rotatable bonds is 3. The second-order valence-corrected chi connectivity index (χ2v) is 4.08. The summed E-state index contributed by atoms with van der Waals surface area (Å²) in [7, 11) is 0. The van der Waals surface area contributed by atoms with Crippen LogP contribution in [-0.2, 0) is 6.54 Å². The van der Waals surface area contributed by atoms with Crippen molar-refractivity contribution in [2.75, 3.05) is 5.32 Å². The third kappa shape index (κ3) is 3.25. The molecule has 88 valence electrons. The highest BCUT2D eigenvalue weighted by Gasteiger charge is 2.04. The standard InChI is InChI=1S/C10H9Cl2N5/c1-6-2-14-7(3-13-6)4-15-9-8(11)5-16-10(12)17-9/h2-3,5H,4H2,1H3,(H,15,16,17). The average molecular weight is 270 g/mol. The fourth-order valence-electron chi connectivity index (χ4n) is 1.15. The molecule has 0 aliphatic carbocycles. The molecule has 2 aromatic rings. The first-order chi connectivity index (χ1) is 8.15. The number of halogens is 2. The lowest BCUT2D eigenvalue weighted by molar-refractivity contribution is 0.973. The Kier molecular flexibility index (Phi) is 3.71. The molecule has 0 radical (unpaired) electrons. The molecule has 1 N–H and O–H groups in total. The van der Waals surface area contributed by atoms with E-state index in [0.717, 1.165) is 11.4 Å². The van der Waals surface area contributed by atoms with Gasteiger partial charge in [0.15, 0.2) is 0 Å². The Labute approximate surface area is 108 Å². The summed E-state index contributed by atoms with van der Waals surface area (Å²) in [5.41, 5.74) is 1.67. The number of nitrogens with zero attached hydrogens (tertiary/aromatic N) is 4. The van der Waals surface area contributed by atoms with Crippen LogP contribution in [0.5, 0.6) is 0 Å². The van der Waals surface area contributed by atoms with Crippen LogP contribution in [-0.4, -0.2) is 19.9 Å². The molecule has 2 heterocycles. The molecule has 0 aliphatic heterocycles. The molecule has 0 fully saturated rings. The fourth-order valence-corrected chi connectivity index (χ4v) is 1.45. The lowest BCUT2D eigenvalue weighted by Crippen LogP contribution is -2.05. The minimum Gasteiger partial charge on any atom is -0.363 e. The van der Waals surface area contributed by atoms with Gasteiger partial charge < -0.3 is 5.32 Å². The van der Waals surface area contributed by atoms with Crippen LogP contribution in [0.25, 0.3) is 0 Å². The van der Waals surface area contributed by atoms with Gasteiger partial charge in [-0.25, -0.2) is 4.98 Å². The van der Waals surface area contributed by atoms with Gasteiger partial charge in [0.1, 0.15) is 10.8 Å². The van der Waals surface area contributed by atoms with Crippen LogP contribution in [0.2, 0.25) is 10.3 Å². The summed E-state index contributed by atoms with van der Waals surface area (Å²) in [6.07, 6.45) is 4.84. The number of aromatic nitrogens is 4. The number of hydrogen-bond acceptors (Lipinski definition) is 5. The minimum absolute atomic E-state index is 0.145. The molecule has 2 rings (SSSR count). The van der Waals surface area contributed by atoms with Gasteiger partial charge in [-0.1, -0.05) is 11.6 Å². The van der Waals surface area contributed by atoms with Crippen LogP contribution < -0.4 is 5.32 Å². The Bertz CT molecular complexity index is 515. The lowest BCUT2D eigenvalue weighted by atomic mass is 10.4. The van der Waals surface area contributed by atoms with Crippen LogP contribution in [0, 0.1) is 6.92 Å². The van der Waals surface area contributed by atoms with Crippen LogP contribution >= 0.6 is 23.2 Å². The number of anilines is 1. The molecule has 0 unspecified atom stereocenters. The van der Waals surface area contributed by atoms with Crippen molar-refractivity contribution < 1.29 is 0 Å². The summed E-state index contributed by atoms with van der Waals surface area (Å²) in [5, 5.41) is 3.58. The molecule has 17 heavy (non-hydrogen) atoms. The molecule has 0 bridgehead atoms. The smallest absolute Gasteiger partial charge is 0.224 e. The normalized spacial score (nSPS) is 10.3. The van der Waals surface area contributed by atoms with Crippen LogP contribution in [0.1, 0.15) is 11.4 Å². The Morgan fingerprint density at radius 2 is 1.94 bits per heavy atom. The molecule has 0 aromatic carbocycles. The summed E-state index contributed by atoms with van der Waals surface area (Å²) in [6, 6.07) is 0. The summed E-state index contributed by atoms with van der Waals surface area (Å²) < 4.78 is 0. The van der Waals surface area contributed by atoms with E-state index in [9.17, 15) is 0 Å². The first kappa shape index (κ1) is 12.0. The predicted molar refractivity (Wildman–Crippen MR) is 66.1 cm³/mol. The lowest BCUT2D eigenvalue weighted by Gasteiger charge is -2.06. The molecule has 0 aliphatic rings. The molecule has 5 nitrogen and oxygen atoms in total. The van der Waals surface area contributed by atoms with E-state index in [1.54, 1.807) is 12.4 Å². The zero-order chi connectivity index (χ0) is 12.3. The van der Waals surface area contributed by atoms with E-state index >= 15 is 0 Å². The van der Waals surface area contributed by atoms with Gasteiger partial charge >= 0.3 is 0 Å². The molecule has 0 spiro atoms. The van der Waals surface area contributed by atoms with Crippen LogP contribution in [0.4, 0.5) is 5.82 Å². The van der Waals surface area contributed by atoms with Gasteiger partial charge in [-0.15, -0.1) is 0 Å². The van der Waals surface area contributed by atoms with E-state index < -0.39 is 0 Å². The maximum atomic E-state index is 5.91. The van der Waals surface area contributed by atoms with E-state index in [1.807, 2.05) is 6.92 Å². The van der Waals surface area contributed by atoms with Gasteiger partial charge in [-0.2, -0.15) is 4.98 Å². The van der Waals surface area contributed by atoms with E-state index in [2.05, 4.69) is 25.3 Å². The van der Waals surface area contributed by atoms with E-state index in [-0.39, 0.29) is 5.28 Å². The molecule has 7 heteroatoms. The summed E-state index contributed by atoms with van der Waals surface area (Å²) in [5.74, 6) is 0.481. The van der Waals surface area contributed by atoms with Crippen molar-refractivity contribution in [1.29, 1.82) is 0 Å². The monoisotopic (exact) mass is 269 g/mol. The van der Waals surface area contributed by atoms with Crippen molar-refractivity contribution in [2.24, 2.45) is 0 Å². The maximum absolute atomic E-state index is 5.91. The SMILES string of the molecule is Cc1cnc(CNc2nc(Cl)ncc2Cl)cn1. The quantitative estimate of drug-likeness (QED) is 0.868. The number of nitrogens with one attached hydrogen (secondary N) is 1. The van der Waals surface area contributed by atoms with Gasteiger partial charge in [0.25, 0.3) is 0 Å². The highest BCUT2D eigenvalue weighted by Crippen LogP contribution is 2.19. The number of aryl methyl sites for hydroxylation is 1. The Morgan fingerprint density at radius 3 is 2.65 bits per heavy atom. The number of hydrogen-bond donors (Lipinski definition) is 1. The van der Waals surface area contributed by atoms with E-state index in [4.69, 9.17) is 23.2 Å². The van der Waals surface area contributed by atoms with Gasteiger partial charge in [0, 0.05) is 6.20 Å². The first-order valence-electron chi connectivity index (χ1n) is 4.84. The van der Waals surface area contributed by atoms with Gasteiger partial charge in [-0.05, 0) is 18.5 Å². The molecule has 0 atom stereocenters. The Morgan fingerprint density at radius 1 is 1.12 bits per heavy atom. The third-order valence-corrected chi connectivity index (χ3v) is 2.44. The van der Waals surface area contributed by atoms with Crippen LogP contribution in [0.3, 0.4) is 0 Å². The van der Waals surface area contributed by atoms with Crippen molar-refractivity contribution in [3.8, 4) is 0 Å². The van der Waals surface area contributed by atoms with Crippen molar-refractivity contribution >= 4 is 29.0 Å². The molecular weight excluding hydrogens is 261 g/mol. The summed E-state index contributed by atoms with van der Waals surface area (Å²) in [4.78, 5) is 16.1. The summed E-state index contributed by atoms with van der Waals surface area (Å²) in [6.45, 7) is 2.35. The first-order valence-corrected chi connectivity index (χ1v) is 5.60. The Balaban J connectivity index is 2.07. The largest absolute Gasteiger partial charge is 0.363 e. The second-order valence-electron chi connectivity index (χ2n) is 3.34. The van der Waals surface area contributed by atoms with Crippen molar-refractivity contribution in [3.63, 3.8) is 0 Å². The van der Waals surface area contributed by atoms with Crippen molar-refractivity contribution in [1.82, 2.24) is 19.9 Å². The van der Waals surface area contributed by atoms with E-state index in [1.165, 1.54) is 6.20 Å². The van der Waals surface area contributed by atoms with Gasteiger partial charge in [0.2, 0.25) is 5.28 Å². The predicted octanol–water partition coefficient (Wildman–Crippen LogP) is 2.49. The summed E-state index contributed by atoms with van der Waals surface area (Å²) >= 11 is 11.6. The molecule has 2 aromatic heterocycles. The zero-order valence-electron chi connectivity index (χ0n) is 8.98. The fraction of sp³-hybridized carbons (Fsp3) is 0.200. The van der Waals surface area contributed by atoms with Crippen LogP contribution in [0.15, 0.2) is 18.6 Å². The van der Waals surface area contributed by atoms with Gasteiger partial charge in [-0.3, -0.25) is 9.97 Å². The highest BCUT2D eigenvalue weighted by molar-refractivity contribution is 6.33. The molecule has 0 saturated carbocycles. The topological polar surface area (TPSA) is 63.6 Å². The molecule has 0 amide bonds. The van der Waals surface area contributed by atoms with Gasteiger partial charge in [0.05, 0.1) is 30.3 Å². The highest BCUT2D eigenvalue weighted by atomic mass is 35.5.